The third-order valence-corrected chi connectivity index (χ3v) is 4.15. The minimum absolute atomic E-state index is 0.418. The molecule has 1 fully saturated rings. The summed E-state index contributed by atoms with van der Waals surface area (Å²) in [6, 6.07) is 12.3. The van der Waals surface area contributed by atoms with Crippen LogP contribution in [0.1, 0.15) is 46.1 Å². The van der Waals surface area contributed by atoms with E-state index in [1.165, 1.54) is 11.1 Å². The number of hydrogen-bond acceptors (Lipinski definition) is 4. The number of benzene rings is 1. The maximum atomic E-state index is 11.1. The maximum Gasteiger partial charge on any atom is 0.172 e. The zero-order valence-electron chi connectivity index (χ0n) is 12.6. The highest BCUT2D eigenvalue weighted by Gasteiger charge is 2.31. The van der Waals surface area contributed by atoms with Gasteiger partial charge in [0.25, 0.3) is 0 Å². The lowest BCUT2D eigenvalue weighted by molar-refractivity contribution is 0.111. The first-order valence-electron chi connectivity index (χ1n) is 7.74. The Hall–Kier alpha value is -2.82. The van der Waals surface area contributed by atoms with Crippen molar-refractivity contribution >= 4 is 6.29 Å². The molecule has 1 saturated carbocycles. The van der Waals surface area contributed by atoms with Gasteiger partial charge in [0, 0.05) is 18.3 Å². The molecule has 0 spiro atoms. The second kappa shape index (κ2) is 5.76. The molecule has 5 nitrogen and oxygen atoms in total. The van der Waals surface area contributed by atoms with Gasteiger partial charge in [-0.1, -0.05) is 17.3 Å². The largest absolute Gasteiger partial charge is 0.296 e. The first kappa shape index (κ1) is 13.8. The lowest BCUT2D eigenvalue weighted by Crippen LogP contribution is -2.02. The Kier molecular flexibility index (Phi) is 3.46. The molecule has 2 heterocycles. The van der Waals surface area contributed by atoms with Gasteiger partial charge >= 0.3 is 0 Å². The molecule has 5 heteroatoms. The van der Waals surface area contributed by atoms with Crippen molar-refractivity contribution in [1.82, 2.24) is 20.0 Å². The molecule has 23 heavy (non-hydrogen) atoms. The predicted molar refractivity (Wildman–Crippen MR) is 85.8 cm³/mol. The van der Waals surface area contributed by atoms with Crippen molar-refractivity contribution in [3.8, 4) is 5.69 Å². The van der Waals surface area contributed by atoms with Crippen LogP contribution in [0.4, 0.5) is 0 Å². The summed E-state index contributed by atoms with van der Waals surface area (Å²) in [5.74, 6) is 0.418. The minimum Gasteiger partial charge on any atom is -0.296 e. The van der Waals surface area contributed by atoms with Crippen molar-refractivity contribution < 1.29 is 4.79 Å². The Balaban J connectivity index is 1.61. The number of hydrogen-bond donors (Lipinski definition) is 0. The lowest BCUT2D eigenvalue weighted by atomic mass is 10.1. The average Bonchev–Trinajstić information content (AvgIpc) is 3.35. The van der Waals surface area contributed by atoms with Crippen LogP contribution in [0.25, 0.3) is 5.69 Å². The monoisotopic (exact) mass is 304 g/mol. The van der Waals surface area contributed by atoms with E-state index in [-0.39, 0.29) is 0 Å². The summed E-state index contributed by atoms with van der Waals surface area (Å²) in [7, 11) is 0. The lowest BCUT2D eigenvalue weighted by Gasteiger charge is -2.07. The fourth-order valence-electron chi connectivity index (χ4n) is 2.81. The number of nitrogens with zero attached hydrogens (tertiary/aromatic N) is 4. The van der Waals surface area contributed by atoms with E-state index in [9.17, 15) is 4.79 Å². The minimum atomic E-state index is 0.418. The third-order valence-electron chi connectivity index (χ3n) is 4.15. The number of aldehydes is 1. The molecule has 4 rings (SSSR count). The van der Waals surface area contributed by atoms with Gasteiger partial charge in [-0.15, -0.1) is 5.10 Å². The molecule has 0 unspecified atom stereocenters. The highest BCUT2D eigenvalue weighted by atomic mass is 16.1. The van der Waals surface area contributed by atoms with Gasteiger partial charge in [0.1, 0.15) is 5.69 Å². The van der Waals surface area contributed by atoms with Crippen LogP contribution in [0.2, 0.25) is 0 Å². The van der Waals surface area contributed by atoms with Crippen molar-refractivity contribution in [2.75, 3.05) is 0 Å². The molecule has 0 amide bonds. The van der Waals surface area contributed by atoms with E-state index in [0.29, 0.717) is 11.6 Å². The van der Waals surface area contributed by atoms with Crippen molar-refractivity contribution in [3.63, 3.8) is 0 Å². The summed E-state index contributed by atoms with van der Waals surface area (Å²) in [5.41, 5.74) is 4.82. The predicted octanol–water partition coefficient (Wildman–Crippen LogP) is 2.94. The van der Waals surface area contributed by atoms with Crippen LogP contribution in [0.15, 0.2) is 48.8 Å². The van der Waals surface area contributed by atoms with E-state index < -0.39 is 0 Å². The van der Waals surface area contributed by atoms with Gasteiger partial charge in [0.05, 0.1) is 11.4 Å². The van der Waals surface area contributed by atoms with Crippen LogP contribution in [0.3, 0.4) is 0 Å². The molecule has 0 aliphatic heterocycles. The fraction of sp³-hybridized carbons (Fsp3) is 0.222. The van der Waals surface area contributed by atoms with Gasteiger partial charge in [-0.3, -0.25) is 9.78 Å². The molecular weight excluding hydrogens is 288 g/mol. The number of carbonyl (C=O) groups is 1. The third kappa shape index (κ3) is 2.77. The second-order valence-corrected chi connectivity index (χ2v) is 5.86. The highest BCUT2D eigenvalue weighted by molar-refractivity contribution is 5.74. The van der Waals surface area contributed by atoms with E-state index in [0.717, 1.165) is 36.9 Å². The van der Waals surface area contributed by atoms with Crippen molar-refractivity contribution in [2.24, 2.45) is 0 Å². The normalized spacial score (nSPS) is 13.9. The average molecular weight is 304 g/mol. The van der Waals surface area contributed by atoms with Gasteiger partial charge < -0.3 is 0 Å². The van der Waals surface area contributed by atoms with Gasteiger partial charge in [-0.2, -0.15) is 0 Å². The molecular formula is C18H16N4O. The molecule has 0 saturated heterocycles. The molecule has 0 bridgehead atoms. The summed E-state index contributed by atoms with van der Waals surface area (Å²) in [6.45, 7) is 0. The zero-order valence-corrected chi connectivity index (χ0v) is 12.6. The summed E-state index contributed by atoms with van der Waals surface area (Å²) >= 11 is 0. The van der Waals surface area contributed by atoms with Crippen molar-refractivity contribution in [3.05, 3.63) is 71.3 Å². The molecule has 1 aliphatic carbocycles. The van der Waals surface area contributed by atoms with Crippen LogP contribution in [-0.4, -0.2) is 26.3 Å². The second-order valence-electron chi connectivity index (χ2n) is 5.86. The maximum absolute atomic E-state index is 11.1. The Morgan fingerprint density at radius 2 is 1.74 bits per heavy atom. The first-order valence-corrected chi connectivity index (χ1v) is 7.74. The molecule has 0 N–H and O–H groups in total. The molecule has 0 atom stereocenters. The number of pyridine rings is 1. The Bertz CT molecular complexity index is 820. The summed E-state index contributed by atoms with van der Waals surface area (Å²) in [6.07, 6.45) is 7.50. The van der Waals surface area contributed by atoms with E-state index in [4.69, 9.17) is 0 Å². The Morgan fingerprint density at radius 1 is 1.04 bits per heavy atom. The molecule has 1 aliphatic rings. The van der Waals surface area contributed by atoms with E-state index in [1.807, 2.05) is 36.7 Å². The van der Waals surface area contributed by atoms with Crippen LogP contribution >= 0.6 is 0 Å². The van der Waals surface area contributed by atoms with Crippen LogP contribution in [0, 0.1) is 0 Å². The summed E-state index contributed by atoms with van der Waals surface area (Å²) in [4.78, 5) is 15.2. The highest BCUT2D eigenvalue weighted by Crippen LogP contribution is 2.41. The molecule has 1 aromatic carbocycles. The van der Waals surface area contributed by atoms with Crippen LogP contribution in [0.5, 0.6) is 0 Å². The van der Waals surface area contributed by atoms with E-state index in [1.54, 1.807) is 4.68 Å². The number of carbonyl (C=O) groups excluding carboxylic acids is 1. The first-order chi connectivity index (χ1) is 11.3. The topological polar surface area (TPSA) is 60.7 Å². The smallest absolute Gasteiger partial charge is 0.172 e. The van der Waals surface area contributed by atoms with Gasteiger partial charge in [-0.05, 0) is 54.7 Å². The standard InChI is InChI=1S/C18H16N4O/c23-12-17-18(15-3-4-15)22(21-20-17)16-5-1-13(2-6-16)11-14-7-9-19-10-8-14/h1-2,5-10,12,15H,3-4,11H2. The summed E-state index contributed by atoms with van der Waals surface area (Å²) in [5, 5.41) is 8.16. The van der Waals surface area contributed by atoms with Gasteiger partial charge in [-0.25, -0.2) is 4.68 Å². The molecule has 2 aromatic heterocycles. The van der Waals surface area contributed by atoms with Crippen LogP contribution < -0.4 is 0 Å². The molecule has 3 aromatic rings. The van der Waals surface area contributed by atoms with Crippen LogP contribution in [-0.2, 0) is 6.42 Å². The number of rotatable bonds is 5. The van der Waals surface area contributed by atoms with E-state index >= 15 is 0 Å². The van der Waals surface area contributed by atoms with Gasteiger partial charge in [0.15, 0.2) is 6.29 Å². The number of aromatic nitrogens is 4. The molecule has 0 radical (unpaired) electrons. The van der Waals surface area contributed by atoms with Gasteiger partial charge in [0.2, 0.25) is 0 Å². The Morgan fingerprint density at radius 3 is 2.39 bits per heavy atom. The summed E-state index contributed by atoms with van der Waals surface area (Å²) < 4.78 is 1.80. The Labute approximate surface area is 134 Å². The fourth-order valence-corrected chi connectivity index (χ4v) is 2.81. The van der Waals surface area contributed by atoms with Crippen molar-refractivity contribution in [1.29, 1.82) is 0 Å². The molecule has 114 valence electrons. The SMILES string of the molecule is O=Cc1nnn(-c2ccc(Cc3ccncc3)cc2)c1C1CC1. The van der Waals surface area contributed by atoms with E-state index in [2.05, 4.69) is 27.4 Å². The van der Waals surface area contributed by atoms with Crippen molar-refractivity contribution in [2.45, 2.75) is 25.2 Å². The zero-order chi connectivity index (χ0) is 15.6. The quantitative estimate of drug-likeness (QED) is 0.680.